The average Bonchev–Trinajstić information content (AvgIpc) is 2.88. The van der Waals surface area contributed by atoms with Gasteiger partial charge < -0.3 is 19.1 Å². The molecule has 0 bridgehead atoms. The highest BCUT2D eigenvalue weighted by Gasteiger charge is 2.14. The third kappa shape index (κ3) is 3.98. The molecule has 0 spiro atoms. The second kappa shape index (κ2) is 7.54. The van der Waals surface area contributed by atoms with E-state index in [0.29, 0.717) is 11.7 Å². The van der Waals surface area contributed by atoms with E-state index in [2.05, 4.69) is 32.1 Å². The Hall–Kier alpha value is -2.26. The molecule has 1 aliphatic rings. The van der Waals surface area contributed by atoms with Crippen molar-refractivity contribution in [3.8, 4) is 0 Å². The predicted molar refractivity (Wildman–Crippen MR) is 86.9 cm³/mol. The molecule has 1 aliphatic heterocycles. The first-order valence-electron chi connectivity index (χ1n) is 7.97. The summed E-state index contributed by atoms with van der Waals surface area (Å²) >= 11 is 0. The average molecular weight is 334 g/mol. The minimum atomic E-state index is -0.178. The molecule has 2 aromatic heterocycles. The van der Waals surface area contributed by atoms with Gasteiger partial charge in [0, 0.05) is 32.8 Å². The van der Waals surface area contributed by atoms with Crippen molar-refractivity contribution in [3.05, 3.63) is 34.3 Å². The van der Waals surface area contributed by atoms with Crippen molar-refractivity contribution in [3.63, 3.8) is 0 Å². The second-order valence-electron chi connectivity index (χ2n) is 5.89. The molecule has 1 fully saturated rings. The first kappa shape index (κ1) is 16.6. The number of rotatable bonds is 5. The summed E-state index contributed by atoms with van der Waals surface area (Å²) in [5.74, 6) is 0.784. The molecule has 0 N–H and O–H groups in total. The van der Waals surface area contributed by atoms with Gasteiger partial charge in [0.2, 0.25) is 0 Å². The molecule has 1 saturated heterocycles. The van der Waals surface area contributed by atoms with E-state index < -0.39 is 0 Å². The fourth-order valence-electron chi connectivity index (χ4n) is 2.69. The van der Waals surface area contributed by atoms with Crippen LogP contribution in [0.3, 0.4) is 0 Å². The van der Waals surface area contributed by atoms with Crippen LogP contribution in [0.1, 0.15) is 18.1 Å². The van der Waals surface area contributed by atoms with Crippen molar-refractivity contribution in [1.29, 1.82) is 0 Å². The molecule has 3 heterocycles. The van der Waals surface area contributed by atoms with Crippen LogP contribution in [0.2, 0.25) is 0 Å². The van der Waals surface area contributed by atoms with Crippen LogP contribution in [-0.4, -0.2) is 65.2 Å². The Kier molecular flexibility index (Phi) is 5.21. The molecule has 0 radical (unpaired) electrons. The maximum atomic E-state index is 12.3. The maximum absolute atomic E-state index is 12.3. The summed E-state index contributed by atoms with van der Waals surface area (Å²) in [5, 5.41) is 8.07. The highest BCUT2D eigenvalue weighted by atomic mass is 16.5. The van der Waals surface area contributed by atoms with Gasteiger partial charge in [-0.15, -0.1) is 0 Å². The molecular weight excluding hydrogens is 312 g/mol. The quantitative estimate of drug-likeness (QED) is 0.753. The fraction of sp³-hybridized carbons (Fsp3) is 0.600. The third-order valence-electron chi connectivity index (χ3n) is 4.01. The molecule has 0 atom stereocenters. The van der Waals surface area contributed by atoms with E-state index >= 15 is 0 Å². The molecule has 0 amide bonds. The van der Waals surface area contributed by atoms with Crippen molar-refractivity contribution >= 4 is 5.69 Å². The number of hydrogen-bond acceptors (Lipinski definition) is 8. The Bertz CT molecular complexity index is 728. The van der Waals surface area contributed by atoms with Crippen molar-refractivity contribution in [2.75, 3.05) is 45.2 Å². The SMILES string of the molecule is COCc1nc(Cn2ncc(N3CCCN(C)CC3)cc2=O)no1. The number of likely N-dealkylation sites (N-methyl/N-ethyl adjacent to an activating group) is 1. The third-order valence-corrected chi connectivity index (χ3v) is 4.01. The zero-order valence-electron chi connectivity index (χ0n) is 14.0. The van der Waals surface area contributed by atoms with Crippen molar-refractivity contribution < 1.29 is 9.26 Å². The van der Waals surface area contributed by atoms with E-state index in [0.717, 1.165) is 38.3 Å². The molecule has 0 aromatic carbocycles. The summed E-state index contributed by atoms with van der Waals surface area (Å²) in [7, 11) is 3.66. The van der Waals surface area contributed by atoms with Crippen LogP contribution < -0.4 is 10.5 Å². The van der Waals surface area contributed by atoms with E-state index in [1.54, 1.807) is 19.4 Å². The summed E-state index contributed by atoms with van der Waals surface area (Å²) in [6.45, 7) is 4.30. The summed E-state index contributed by atoms with van der Waals surface area (Å²) in [6.07, 6.45) is 2.80. The lowest BCUT2D eigenvalue weighted by Crippen LogP contribution is -2.31. The van der Waals surface area contributed by atoms with Crippen LogP contribution in [-0.2, 0) is 17.9 Å². The van der Waals surface area contributed by atoms with Gasteiger partial charge in [0.15, 0.2) is 5.82 Å². The summed E-state index contributed by atoms with van der Waals surface area (Å²) in [5.41, 5.74) is 0.683. The molecule has 3 rings (SSSR count). The second-order valence-corrected chi connectivity index (χ2v) is 5.89. The lowest BCUT2D eigenvalue weighted by molar-refractivity contribution is 0.151. The Morgan fingerprint density at radius 1 is 1.29 bits per heavy atom. The van der Waals surface area contributed by atoms with E-state index in [1.807, 2.05) is 0 Å². The van der Waals surface area contributed by atoms with Crippen LogP contribution in [0.4, 0.5) is 5.69 Å². The van der Waals surface area contributed by atoms with Gasteiger partial charge in [0.1, 0.15) is 13.2 Å². The monoisotopic (exact) mass is 334 g/mol. The van der Waals surface area contributed by atoms with Gasteiger partial charge in [0.05, 0.1) is 11.9 Å². The molecule has 9 heteroatoms. The molecule has 130 valence electrons. The first-order valence-corrected chi connectivity index (χ1v) is 7.97. The van der Waals surface area contributed by atoms with Crippen LogP contribution in [0.5, 0.6) is 0 Å². The Labute approximate surface area is 139 Å². The molecule has 24 heavy (non-hydrogen) atoms. The topological polar surface area (TPSA) is 89.5 Å². The lowest BCUT2D eigenvalue weighted by atomic mass is 10.3. The smallest absolute Gasteiger partial charge is 0.269 e. The zero-order chi connectivity index (χ0) is 16.9. The summed E-state index contributed by atoms with van der Waals surface area (Å²) in [4.78, 5) is 21.0. The molecule has 0 saturated carbocycles. The van der Waals surface area contributed by atoms with Gasteiger partial charge >= 0.3 is 0 Å². The first-order chi connectivity index (χ1) is 11.7. The van der Waals surface area contributed by atoms with Gasteiger partial charge in [0.25, 0.3) is 11.4 Å². The van der Waals surface area contributed by atoms with Crippen LogP contribution >= 0.6 is 0 Å². The largest absolute Gasteiger partial charge is 0.375 e. The highest BCUT2D eigenvalue weighted by molar-refractivity contribution is 5.43. The number of ether oxygens (including phenoxy) is 1. The molecular formula is C15H22N6O3. The molecule has 2 aromatic rings. The Morgan fingerprint density at radius 3 is 2.96 bits per heavy atom. The van der Waals surface area contributed by atoms with Crippen LogP contribution in [0.15, 0.2) is 21.6 Å². The number of anilines is 1. The number of hydrogen-bond donors (Lipinski definition) is 0. The fourth-order valence-corrected chi connectivity index (χ4v) is 2.69. The number of aromatic nitrogens is 4. The summed E-state index contributed by atoms with van der Waals surface area (Å²) < 4.78 is 11.3. The standard InChI is InChI=1S/C15H22N6O3/c1-19-4-3-5-20(7-6-19)12-8-15(22)21(16-9-12)10-13-17-14(11-23-2)24-18-13/h8-9H,3-7,10-11H2,1-2H3. The maximum Gasteiger partial charge on any atom is 0.269 e. The molecule has 9 nitrogen and oxygen atoms in total. The summed E-state index contributed by atoms with van der Waals surface area (Å²) in [6, 6.07) is 1.62. The zero-order valence-corrected chi connectivity index (χ0v) is 14.0. The van der Waals surface area contributed by atoms with Gasteiger partial charge in [-0.3, -0.25) is 4.79 Å². The molecule has 0 unspecified atom stereocenters. The number of nitrogens with zero attached hydrogens (tertiary/aromatic N) is 6. The lowest BCUT2D eigenvalue weighted by Gasteiger charge is -2.22. The van der Waals surface area contributed by atoms with E-state index in [-0.39, 0.29) is 18.7 Å². The van der Waals surface area contributed by atoms with Crippen molar-refractivity contribution in [2.45, 2.75) is 19.6 Å². The van der Waals surface area contributed by atoms with E-state index in [9.17, 15) is 4.79 Å². The van der Waals surface area contributed by atoms with Crippen molar-refractivity contribution in [2.24, 2.45) is 0 Å². The van der Waals surface area contributed by atoms with E-state index in [4.69, 9.17) is 9.26 Å². The Morgan fingerprint density at radius 2 is 2.17 bits per heavy atom. The van der Waals surface area contributed by atoms with Gasteiger partial charge in [-0.1, -0.05) is 5.16 Å². The van der Waals surface area contributed by atoms with E-state index in [1.165, 1.54) is 4.68 Å². The van der Waals surface area contributed by atoms with Gasteiger partial charge in [-0.25, -0.2) is 4.68 Å². The molecule has 0 aliphatic carbocycles. The van der Waals surface area contributed by atoms with Crippen LogP contribution in [0.25, 0.3) is 0 Å². The predicted octanol–water partition coefficient (Wildman–Crippen LogP) is -0.0371. The van der Waals surface area contributed by atoms with Gasteiger partial charge in [-0.2, -0.15) is 10.1 Å². The minimum absolute atomic E-state index is 0.176. The number of methoxy groups -OCH3 is 1. The minimum Gasteiger partial charge on any atom is -0.375 e. The van der Waals surface area contributed by atoms with Crippen molar-refractivity contribution in [1.82, 2.24) is 24.8 Å². The highest BCUT2D eigenvalue weighted by Crippen LogP contribution is 2.12. The Balaban J connectivity index is 1.71. The van der Waals surface area contributed by atoms with Gasteiger partial charge in [-0.05, 0) is 20.0 Å². The normalized spacial score (nSPS) is 16.3. The van der Waals surface area contributed by atoms with Crippen LogP contribution in [0, 0.1) is 0 Å².